The number of thiazole rings is 1. The monoisotopic (exact) mass is 372 g/mol. The van der Waals surface area contributed by atoms with Crippen LogP contribution in [0.25, 0.3) is 0 Å². The first kappa shape index (κ1) is 18.8. The van der Waals surface area contributed by atoms with Crippen molar-refractivity contribution in [3.63, 3.8) is 0 Å². The van der Waals surface area contributed by atoms with Crippen molar-refractivity contribution in [3.05, 3.63) is 46.2 Å². The summed E-state index contributed by atoms with van der Waals surface area (Å²) in [6.07, 6.45) is 7.08. The molecule has 5 nitrogen and oxygen atoms in total. The summed E-state index contributed by atoms with van der Waals surface area (Å²) in [6.45, 7) is 5.63. The molecule has 3 rings (SSSR count). The van der Waals surface area contributed by atoms with E-state index < -0.39 is 0 Å². The van der Waals surface area contributed by atoms with Gasteiger partial charge < -0.3 is 10.2 Å². The van der Waals surface area contributed by atoms with Crippen molar-refractivity contribution in [3.8, 4) is 0 Å². The predicted octanol–water partition coefficient (Wildman–Crippen LogP) is 4.36. The molecule has 0 aliphatic carbocycles. The van der Waals surface area contributed by atoms with Crippen LogP contribution in [0.1, 0.15) is 61.8 Å². The number of hydrogen-bond acceptors (Lipinski definition) is 4. The second-order valence-corrected chi connectivity index (χ2v) is 8.08. The number of aryl methyl sites for hydroxylation is 1. The maximum absolute atomic E-state index is 12.7. The highest BCUT2D eigenvalue weighted by atomic mass is 32.1. The van der Waals surface area contributed by atoms with Gasteiger partial charge in [0.1, 0.15) is 0 Å². The topological polar surface area (TPSA) is 58.1 Å². The lowest BCUT2D eigenvalue weighted by molar-refractivity contribution is 0.146. The second kappa shape index (κ2) is 9.12. The first-order valence-electron chi connectivity index (χ1n) is 9.52. The summed E-state index contributed by atoms with van der Waals surface area (Å²) >= 11 is 1.67. The molecule has 0 aromatic carbocycles. The Balaban J connectivity index is 1.53. The molecule has 2 amide bonds. The Hall–Kier alpha value is -1.95. The number of likely N-dealkylation sites (tertiary alicyclic amines) is 1. The zero-order valence-electron chi connectivity index (χ0n) is 15.6. The number of pyridine rings is 1. The minimum atomic E-state index is 0.0369. The fourth-order valence-corrected chi connectivity index (χ4v) is 4.20. The quantitative estimate of drug-likeness (QED) is 0.820. The largest absolute Gasteiger partial charge is 0.332 e. The van der Waals surface area contributed by atoms with Gasteiger partial charge in [0.15, 0.2) is 0 Å². The van der Waals surface area contributed by atoms with Crippen molar-refractivity contribution in [1.82, 2.24) is 20.2 Å². The molecule has 6 heteroatoms. The van der Waals surface area contributed by atoms with Crippen LogP contribution >= 0.6 is 11.3 Å². The molecule has 1 unspecified atom stereocenters. The minimum Gasteiger partial charge on any atom is -0.332 e. The Morgan fingerprint density at radius 3 is 2.96 bits per heavy atom. The molecule has 0 radical (unpaired) electrons. The second-order valence-electron chi connectivity index (χ2n) is 7.19. The molecule has 1 fully saturated rings. The van der Waals surface area contributed by atoms with E-state index in [-0.39, 0.29) is 6.03 Å². The summed E-state index contributed by atoms with van der Waals surface area (Å²) in [5, 5.41) is 6.24. The SMILES string of the molecule is CC(C)c1nc(CNC(=O)N2CCCCC2CCc2ccccn2)cs1. The van der Waals surface area contributed by atoms with Gasteiger partial charge in [-0.3, -0.25) is 4.98 Å². The van der Waals surface area contributed by atoms with Crippen LogP contribution in [0, 0.1) is 0 Å². The van der Waals surface area contributed by atoms with Crippen LogP contribution in [0.4, 0.5) is 4.79 Å². The molecule has 3 heterocycles. The smallest absolute Gasteiger partial charge is 0.317 e. The van der Waals surface area contributed by atoms with Gasteiger partial charge in [-0.05, 0) is 44.2 Å². The van der Waals surface area contributed by atoms with E-state index in [4.69, 9.17) is 0 Å². The van der Waals surface area contributed by atoms with Crippen LogP contribution in [0.5, 0.6) is 0 Å². The van der Waals surface area contributed by atoms with Crippen LogP contribution in [-0.2, 0) is 13.0 Å². The average Bonchev–Trinajstić information content (AvgIpc) is 3.15. The van der Waals surface area contributed by atoms with Gasteiger partial charge in [0.2, 0.25) is 0 Å². The zero-order chi connectivity index (χ0) is 18.4. The Labute approximate surface area is 159 Å². The molecule has 140 valence electrons. The first-order valence-corrected chi connectivity index (χ1v) is 10.4. The fraction of sp³-hybridized carbons (Fsp3) is 0.550. The van der Waals surface area contributed by atoms with E-state index in [9.17, 15) is 4.79 Å². The molecule has 2 aromatic rings. The lowest BCUT2D eigenvalue weighted by atomic mass is 9.97. The van der Waals surface area contributed by atoms with E-state index in [0.29, 0.717) is 18.5 Å². The van der Waals surface area contributed by atoms with Gasteiger partial charge in [-0.2, -0.15) is 0 Å². The third kappa shape index (κ3) is 5.04. The maximum atomic E-state index is 12.7. The lowest BCUT2D eigenvalue weighted by Crippen LogP contribution is -2.48. The predicted molar refractivity (Wildman–Crippen MR) is 105 cm³/mol. The van der Waals surface area contributed by atoms with Gasteiger partial charge >= 0.3 is 6.03 Å². The van der Waals surface area contributed by atoms with Gasteiger partial charge in [0.05, 0.1) is 17.2 Å². The van der Waals surface area contributed by atoms with Gasteiger partial charge in [-0.25, -0.2) is 9.78 Å². The molecule has 0 bridgehead atoms. The van der Waals surface area contributed by atoms with Crippen molar-refractivity contribution in [2.45, 2.75) is 64.5 Å². The molecule has 1 atom stereocenters. The third-order valence-electron chi connectivity index (χ3n) is 4.83. The molecule has 1 saturated heterocycles. The molecule has 1 aliphatic heterocycles. The molecule has 1 N–H and O–H groups in total. The number of nitrogens with one attached hydrogen (secondary N) is 1. The molecule has 0 saturated carbocycles. The van der Waals surface area contributed by atoms with Gasteiger partial charge in [0, 0.05) is 35.8 Å². The number of carbonyl (C=O) groups is 1. The van der Waals surface area contributed by atoms with Crippen molar-refractivity contribution in [2.75, 3.05) is 6.54 Å². The zero-order valence-corrected chi connectivity index (χ0v) is 16.5. The van der Waals surface area contributed by atoms with E-state index in [0.717, 1.165) is 48.6 Å². The number of hydrogen-bond donors (Lipinski definition) is 1. The van der Waals surface area contributed by atoms with E-state index >= 15 is 0 Å². The van der Waals surface area contributed by atoms with Crippen LogP contribution in [0.3, 0.4) is 0 Å². The standard InChI is InChI=1S/C20H28N4OS/c1-15(2)19-23-17(14-26-19)13-22-20(25)24-12-6-4-8-18(24)10-9-16-7-3-5-11-21-16/h3,5,7,11,14-15,18H,4,6,8-10,12-13H2,1-2H3,(H,22,25). The highest BCUT2D eigenvalue weighted by molar-refractivity contribution is 7.09. The van der Waals surface area contributed by atoms with Crippen LogP contribution in [-0.4, -0.2) is 33.5 Å². The van der Waals surface area contributed by atoms with Crippen LogP contribution in [0.2, 0.25) is 0 Å². The summed E-state index contributed by atoms with van der Waals surface area (Å²) in [6, 6.07) is 6.35. The summed E-state index contributed by atoms with van der Waals surface area (Å²) in [5.74, 6) is 0.433. The highest BCUT2D eigenvalue weighted by Crippen LogP contribution is 2.22. The fourth-order valence-electron chi connectivity index (χ4n) is 3.37. The van der Waals surface area contributed by atoms with E-state index in [2.05, 4.69) is 35.2 Å². The molecular weight excluding hydrogens is 344 g/mol. The Kier molecular flexibility index (Phi) is 6.61. The average molecular weight is 373 g/mol. The molecule has 26 heavy (non-hydrogen) atoms. The third-order valence-corrected chi connectivity index (χ3v) is 6.03. The normalized spacial score (nSPS) is 17.5. The number of carbonyl (C=O) groups excluding carboxylic acids is 1. The van der Waals surface area contributed by atoms with Gasteiger partial charge in [-0.1, -0.05) is 19.9 Å². The van der Waals surface area contributed by atoms with Crippen molar-refractivity contribution < 1.29 is 4.79 Å². The summed E-state index contributed by atoms with van der Waals surface area (Å²) in [4.78, 5) is 23.7. The van der Waals surface area contributed by atoms with Gasteiger partial charge in [0.25, 0.3) is 0 Å². The Bertz CT molecular complexity index is 701. The van der Waals surface area contributed by atoms with E-state index in [1.54, 1.807) is 11.3 Å². The number of urea groups is 1. The number of amides is 2. The first-order chi connectivity index (χ1) is 12.6. The molecular formula is C20H28N4OS. The molecule has 1 aliphatic rings. The number of rotatable bonds is 6. The minimum absolute atomic E-state index is 0.0369. The Morgan fingerprint density at radius 2 is 2.23 bits per heavy atom. The summed E-state index contributed by atoms with van der Waals surface area (Å²) in [5.41, 5.74) is 2.05. The summed E-state index contributed by atoms with van der Waals surface area (Å²) in [7, 11) is 0. The van der Waals surface area contributed by atoms with Crippen molar-refractivity contribution in [2.24, 2.45) is 0 Å². The Morgan fingerprint density at radius 1 is 1.35 bits per heavy atom. The van der Waals surface area contributed by atoms with Crippen LogP contribution < -0.4 is 5.32 Å². The van der Waals surface area contributed by atoms with E-state index in [1.807, 2.05) is 28.6 Å². The van der Waals surface area contributed by atoms with E-state index in [1.165, 1.54) is 6.42 Å². The van der Waals surface area contributed by atoms with Crippen LogP contribution in [0.15, 0.2) is 29.8 Å². The molecule has 2 aromatic heterocycles. The lowest BCUT2D eigenvalue weighted by Gasteiger charge is -2.35. The van der Waals surface area contributed by atoms with Gasteiger partial charge in [-0.15, -0.1) is 11.3 Å². The number of nitrogens with zero attached hydrogens (tertiary/aromatic N) is 3. The maximum Gasteiger partial charge on any atom is 0.317 e. The van der Waals surface area contributed by atoms with Crippen molar-refractivity contribution in [1.29, 1.82) is 0 Å². The number of piperidine rings is 1. The highest BCUT2D eigenvalue weighted by Gasteiger charge is 2.26. The number of aromatic nitrogens is 2. The van der Waals surface area contributed by atoms with Crippen molar-refractivity contribution >= 4 is 17.4 Å². The summed E-state index contributed by atoms with van der Waals surface area (Å²) < 4.78 is 0. The molecule has 0 spiro atoms.